The van der Waals surface area contributed by atoms with Crippen LogP contribution in [0.4, 0.5) is 0 Å². The number of pyridine rings is 1. The van der Waals surface area contributed by atoms with E-state index in [2.05, 4.69) is 35.3 Å². The highest BCUT2D eigenvalue weighted by Crippen LogP contribution is 2.39. The van der Waals surface area contributed by atoms with Crippen LogP contribution in [0.1, 0.15) is 31.0 Å². The largest absolute Gasteiger partial charge is 0.497 e. The Hall–Kier alpha value is -3.05. The van der Waals surface area contributed by atoms with Gasteiger partial charge in [-0.05, 0) is 81.6 Å². The number of nitrogens with one attached hydrogen (secondary N) is 1. The van der Waals surface area contributed by atoms with Crippen LogP contribution >= 0.6 is 0 Å². The quantitative estimate of drug-likeness (QED) is 0.387. The number of ether oxygens (including phenoxy) is 2. The van der Waals surface area contributed by atoms with Gasteiger partial charge in [-0.25, -0.2) is 4.98 Å². The fraction of sp³-hybridized carbons (Fsp3) is 0.320. The van der Waals surface area contributed by atoms with Gasteiger partial charge in [0.15, 0.2) is 0 Å². The molecule has 0 aliphatic carbocycles. The van der Waals surface area contributed by atoms with Gasteiger partial charge in [0, 0.05) is 27.5 Å². The molecule has 156 valence electrons. The molecule has 0 spiro atoms. The van der Waals surface area contributed by atoms with E-state index in [-0.39, 0.29) is 0 Å². The average Bonchev–Trinajstić information content (AvgIpc) is 3.12. The van der Waals surface area contributed by atoms with Crippen LogP contribution in [0.5, 0.6) is 11.5 Å². The zero-order valence-electron chi connectivity index (χ0n) is 17.9. The molecular weight excluding hydrogens is 374 g/mol. The number of unbranched alkanes of at least 4 members (excludes halogenated alkanes) is 1. The second-order valence-electron chi connectivity index (χ2n) is 7.53. The molecule has 0 aliphatic heterocycles. The number of aromatic amines is 1. The molecule has 3 N–H and O–H groups in total. The van der Waals surface area contributed by atoms with Crippen molar-refractivity contribution in [2.24, 2.45) is 5.73 Å². The summed E-state index contributed by atoms with van der Waals surface area (Å²) in [7, 11) is 1.71. The molecular formula is C25H29N3O2. The van der Waals surface area contributed by atoms with Gasteiger partial charge in [0.05, 0.1) is 19.4 Å². The molecule has 5 nitrogen and oxygen atoms in total. The molecule has 0 amide bonds. The number of H-pyrrole nitrogens is 1. The van der Waals surface area contributed by atoms with E-state index in [9.17, 15) is 0 Å². The first-order chi connectivity index (χ1) is 14.7. The fourth-order valence-electron chi connectivity index (χ4n) is 4.07. The highest BCUT2D eigenvalue weighted by atomic mass is 16.5. The molecule has 0 atom stereocenters. The number of aryl methyl sites for hydroxylation is 2. The van der Waals surface area contributed by atoms with Crippen LogP contribution < -0.4 is 15.2 Å². The molecule has 0 bridgehead atoms. The van der Waals surface area contributed by atoms with Gasteiger partial charge in [-0.2, -0.15) is 0 Å². The minimum atomic E-state index is 0.612. The molecule has 0 aliphatic rings. The molecule has 5 heteroatoms. The lowest BCUT2D eigenvalue weighted by atomic mass is 9.97. The van der Waals surface area contributed by atoms with Gasteiger partial charge in [-0.1, -0.05) is 6.07 Å². The van der Waals surface area contributed by atoms with E-state index in [1.807, 2.05) is 26.0 Å². The van der Waals surface area contributed by atoms with Crippen LogP contribution in [-0.2, 0) is 6.42 Å². The Morgan fingerprint density at radius 1 is 1.03 bits per heavy atom. The first-order valence-electron chi connectivity index (χ1n) is 10.6. The van der Waals surface area contributed by atoms with Gasteiger partial charge in [0.25, 0.3) is 0 Å². The predicted octanol–water partition coefficient (Wildman–Crippen LogP) is 5.38. The van der Waals surface area contributed by atoms with Crippen molar-refractivity contribution in [3.63, 3.8) is 0 Å². The van der Waals surface area contributed by atoms with Gasteiger partial charge in [0.2, 0.25) is 0 Å². The molecule has 30 heavy (non-hydrogen) atoms. The third-order valence-corrected chi connectivity index (χ3v) is 5.52. The Kier molecular flexibility index (Phi) is 5.91. The van der Waals surface area contributed by atoms with E-state index in [0.29, 0.717) is 13.2 Å². The Balaban J connectivity index is 1.95. The van der Waals surface area contributed by atoms with Crippen molar-refractivity contribution >= 4 is 21.8 Å². The molecule has 2 aromatic heterocycles. The normalized spacial score (nSPS) is 11.3. The lowest BCUT2D eigenvalue weighted by molar-refractivity contribution is 0.343. The van der Waals surface area contributed by atoms with Crippen LogP contribution in [0, 0.1) is 6.92 Å². The lowest BCUT2D eigenvalue weighted by Crippen LogP contribution is -2.00. The number of rotatable bonds is 8. The Bertz CT molecular complexity index is 1180. The molecule has 0 saturated carbocycles. The van der Waals surface area contributed by atoms with Crippen molar-refractivity contribution in [1.29, 1.82) is 0 Å². The maximum Gasteiger partial charge on any atom is 0.145 e. The molecule has 2 heterocycles. The summed E-state index contributed by atoms with van der Waals surface area (Å²) < 4.78 is 11.3. The maximum atomic E-state index is 5.86. The predicted molar refractivity (Wildman–Crippen MR) is 123 cm³/mol. The van der Waals surface area contributed by atoms with Crippen LogP contribution in [0.3, 0.4) is 0 Å². The summed E-state index contributed by atoms with van der Waals surface area (Å²) in [6.45, 7) is 5.32. The molecule has 4 aromatic rings. The Morgan fingerprint density at radius 3 is 2.67 bits per heavy atom. The van der Waals surface area contributed by atoms with E-state index in [0.717, 1.165) is 64.1 Å². The van der Waals surface area contributed by atoms with Crippen molar-refractivity contribution in [3.8, 4) is 22.8 Å². The van der Waals surface area contributed by atoms with Crippen molar-refractivity contribution in [2.75, 3.05) is 20.3 Å². The summed E-state index contributed by atoms with van der Waals surface area (Å²) in [5.41, 5.74) is 12.3. The number of hydrogen-bond acceptors (Lipinski definition) is 4. The fourth-order valence-corrected chi connectivity index (χ4v) is 4.07. The third kappa shape index (κ3) is 3.73. The van der Waals surface area contributed by atoms with Crippen molar-refractivity contribution in [3.05, 3.63) is 53.7 Å². The summed E-state index contributed by atoms with van der Waals surface area (Å²) in [5.74, 6) is 1.68. The van der Waals surface area contributed by atoms with Gasteiger partial charge < -0.3 is 20.2 Å². The van der Waals surface area contributed by atoms with Gasteiger partial charge in [0.1, 0.15) is 17.0 Å². The lowest BCUT2D eigenvalue weighted by Gasteiger charge is -2.13. The summed E-state index contributed by atoms with van der Waals surface area (Å²) in [6.07, 6.45) is 2.99. The minimum absolute atomic E-state index is 0.612. The third-order valence-electron chi connectivity index (χ3n) is 5.52. The average molecular weight is 404 g/mol. The van der Waals surface area contributed by atoms with Crippen molar-refractivity contribution in [2.45, 2.75) is 33.1 Å². The van der Waals surface area contributed by atoms with Crippen LogP contribution in [0.25, 0.3) is 33.1 Å². The Labute approximate surface area is 177 Å². The van der Waals surface area contributed by atoms with E-state index >= 15 is 0 Å². The molecule has 0 fully saturated rings. The first-order valence-corrected chi connectivity index (χ1v) is 10.6. The van der Waals surface area contributed by atoms with E-state index in [4.69, 9.17) is 20.2 Å². The highest BCUT2D eigenvalue weighted by Gasteiger charge is 2.18. The highest BCUT2D eigenvalue weighted by molar-refractivity contribution is 6.01. The molecule has 4 rings (SSSR count). The molecule has 0 unspecified atom stereocenters. The second-order valence-corrected chi connectivity index (χ2v) is 7.53. The number of aromatic nitrogens is 2. The van der Waals surface area contributed by atoms with Gasteiger partial charge in [-0.15, -0.1) is 0 Å². The summed E-state index contributed by atoms with van der Waals surface area (Å²) in [4.78, 5) is 8.45. The number of hydrogen-bond donors (Lipinski definition) is 2. The van der Waals surface area contributed by atoms with E-state index < -0.39 is 0 Å². The number of methoxy groups -OCH3 is 1. The smallest absolute Gasteiger partial charge is 0.145 e. The van der Waals surface area contributed by atoms with E-state index in [1.165, 1.54) is 10.9 Å². The zero-order chi connectivity index (χ0) is 21.1. The monoisotopic (exact) mass is 403 g/mol. The van der Waals surface area contributed by atoms with Crippen LogP contribution in [0.2, 0.25) is 0 Å². The Morgan fingerprint density at radius 2 is 1.90 bits per heavy atom. The maximum absolute atomic E-state index is 5.86. The number of fused-ring (bicyclic) bond motifs is 2. The summed E-state index contributed by atoms with van der Waals surface area (Å²) in [6, 6.07) is 14.6. The summed E-state index contributed by atoms with van der Waals surface area (Å²) >= 11 is 0. The topological polar surface area (TPSA) is 73.2 Å². The van der Waals surface area contributed by atoms with Crippen LogP contribution in [0.15, 0.2) is 42.5 Å². The minimum Gasteiger partial charge on any atom is -0.497 e. The van der Waals surface area contributed by atoms with Crippen LogP contribution in [-0.4, -0.2) is 30.2 Å². The SMILES string of the molecule is CCOc1ccc(-c2[nH]c3ccc(OC)cc3c2CCCCN)c2ccc(C)nc12. The van der Waals surface area contributed by atoms with Crippen molar-refractivity contribution < 1.29 is 9.47 Å². The van der Waals surface area contributed by atoms with Gasteiger partial charge in [-0.3, -0.25) is 0 Å². The van der Waals surface area contributed by atoms with Gasteiger partial charge >= 0.3 is 0 Å². The number of nitrogens with two attached hydrogens (primary N) is 1. The standard InChI is InChI=1S/C25H29N3O2/c1-4-30-23-13-11-19(20-10-8-16(2)27-25(20)23)24-18(7-5-6-14-26)21-15-17(29-3)9-12-22(21)28-24/h8-13,15,28H,4-7,14,26H2,1-3H3. The zero-order valence-corrected chi connectivity index (χ0v) is 17.9. The second kappa shape index (κ2) is 8.76. The van der Waals surface area contributed by atoms with E-state index in [1.54, 1.807) is 7.11 Å². The molecule has 2 aromatic carbocycles. The molecule has 0 radical (unpaired) electrons. The first kappa shape index (κ1) is 20.2. The number of nitrogens with zero attached hydrogens (tertiary/aromatic N) is 1. The van der Waals surface area contributed by atoms with Crippen molar-refractivity contribution in [1.82, 2.24) is 9.97 Å². The number of benzene rings is 2. The molecule has 0 saturated heterocycles. The summed E-state index contributed by atoms with van der Waals surface area (Å²) in [5, 5.41) is 2.29.